The van der Waals surface area contributed by atoms with Crippen molar-refractivity contribution in [2.24, 2.45) is 0 Å². The summed E-state index contributed by atoms with van der Waals surface area (Å²) in [6.07, 6.45) is 1.70. The van der Waals surface area contributed by atoms with Crippen LogP contribution in [0, 0.1) is 0 Å². The molecular weight excluding hydrogens is 290 g/mol. The van der Waals surface area contributed by atoms with Crippen LogP contribution in [0.5, 0.6) is 0 Å². The van der Waals surface area contributed by atoms with Crippen LogP contribution in [-0.2, 0) is 16.0 Å². The summed E-state index contributed by atoms with van der Waals surface area (Å²) >= 11 is 0. The first-order chi connectivity index (χ1) is 11.1. The summed E-state index contributed by atoms with van der Waals surface area (Å²) in [6.45, 7) is 0. The van der Waals surface area contributed by atoms with Gasteiger partial charge in [0.2, 0.25) is 5.91 Å². The lowest BCUT2D eigenvalue weighted by atomic mass is 9.99. The summed E-state index contributed by atoms with van der Waals surface area (Å²) < 4.78 is 0. The molecule has 4 heteroatoms. The zero-order chi connectivity index (χ0) is 16.2. The predicted octanol–water partition coefficient (Wildman–Crippen LogP) is 3.32. The van der Waals surface area contributed by atoms with Crippen molar-refractivity contribution < 1.29 is 14.7 Å². The highest BCUT2D eigenvalue weighted by atomic mass is 16.4. The molecule has 0 heterocycles. The van der Waals surface area contributed by atoms with Crippen molar-refractivity contribution in [3.8, 4) is 11.1 Å². The number of hydrogen-bond donors (Lipinski definition) is 2. The number of fused-ring (bicyclic) bond motifs is 1. The van der Waals surface area contributed by atoms with Gasteiger partial charge >= 0.3 is 5.97 Å². The first kappa shape index (κ1) is 15.3. The number of aryl methyl sites for hydroxylation is 1. The molecule has 0 spiro atoms. The van der Waals surface area contributed by atoms with Crippen LogP contribution in [-0.4, -0.2) is 17.0 Å². The van der Waals surface area contributed by atoms with Gasteiger partial charge in [-0.25, -0.2) is 0 Å². The zero-order valence-corrected chi connectivity index (χ0v) is 12.8. The summed E-state index contributed by atoms with van der Waals surface area (Å²) in [4.78, 5) is 22.5. The summed E-state index contributed by atoms with van der Waals surface area (Å²) in [5.41, 5.74) is 4.69. The second kappa shape index (κ2) is 6.65. The minimum absolute atomic E-state index is 0.0186. The molecule has 2 N–H and O–H groups in total. The molecule has 0 saturated carbocycles. The van der Waals surface area contributed by atoms with Gasteiger partial charge in [-0.1, -0.05) is 42.5 Å². The van der Waals surface area contributed by atoms with Crippen LogP contribution in [0.3, 0.4) is 0 Å². The second-order valence-corrected chi connectivity index (χ2v) is 5.83. The fourth-order valence-electron chi connectivity index (χ4n) is 3.05. The largest absolute Gasteiger partial charge is 0.481 e. The molecule has 1 amide bonds. The van der Waals surface area contributed by atoms with E-state index in [2.05, 4.69) is 35.6 Å². The number of benzene rings is 2. The van der Waals surface area contributed by atoms with Crippen LogP contribution in [0.4, 0.5) is 0 Å². The molecule has 2 aromatic carbocycles. The van der Waals surface area contributed by atoms with Gasteiger partial charge in [0.25, 0.3) is 0 Å². The van der Waals surface area contributed by atoms with Crippen LogP contribution in [0.1, 0.15) is 36.4 Å². The molecule has 0 saturated heterocycles. The van der Waals surface area contributed by atoms with Gasteiger partial charge in [-0.05, 0) is 41.2 Å². The Morgan fingerprint density at radius 3 is 2.57 bits per heavy atom. The highest BCUT2D eigenvalue weighted by Crippen LogP contribution is 2.34. The third-order valence-corrected chi connectivity index (χ3v) is 4.23. The van der Waals surface area contributed by atoms with E-state index in [1.165, 1.54) is 5.56 Å². The van der Waals surface area contributed by atoms with Gasteiger partial charge in [-0.3, -0.25) is 9.59 Å². The Hall–Kier alpha value is -2.62. The van der Waals surface area contributed by atoms with Crippen molar-refractivity contribution in [3.05, 3.63) is 59.7 Å². The van der Waals surface area contributed by atoms with Gasteiger partial charge in [0, 0.05) is 6.42 Å². The number of aliphatic carboxylic acids is 1. The Kier molecular flexibility index (Phi) is 4.42. The number of carboxylic acid groups (broad SMARTS) is 1. The van der Waals surface area contributed by atoms with E-state index in [4.69, 9.17) is 5.11 Å². The number of rotatable bonds is 5. The minimum Gasteiger partial charge on any atom is -0.481 e. The van der Waals surface area contributed by atoms with Crippen molar-refractivity contribution >= 4 is 11.9 Å². The number of amides is 1. The molecule has 118 valence electrons. The molecule has 23 heavy (non-hydrogen) atoms. The van der Waals surface area contributed by atoms with Gasteiger partial charge in [0.15, 0.2) is 0 Å². The summed E-state index contributed by atoms with van der Waals surface area (Å²) in [5.74, 6) is -1.14. The SMILES string of the molecule is O=C(O)CCC(=O)NC1CCc2ccc(-c3ccccc3)cc21. The first-order valence-electron chi connectivity index (χ1n) is 7.83. The van der Waals surface area contributed by atoms with Gasteiger partial charge in [-0.2, -0.15) is 0 Å². The zero-order valence-electron chi connectivity index (χ0n) is 12.8. The van der Waals surface area contributed by atoms with Crippen molar-refractivity contribution in [2.75, 3.05) is 0 Å². The molecule has 1 aliphatic carbocycles. The van der Waals surface area contributed by atoms with Crippen molar-refractivity contribution in [1.29, 1.82) is 0 Å². The average molecular weight is 309 g/mol. The average Bonchev–Trinajstić information content (AvgIpc) is 2.96. The van der Waals surface area contributed by atoms with E-state index < -0.39 is 5.97 Å². The van der Waals surface area contributed by atoms with Gasteiger partial charge in [0.05, 0.1) is 12.5 Å². The van der Waals surface area contributed by atoms with E-state index in [0.29, 0.717) is 0 Å². The number of carbonyl (C=O) groups is 2. The van der Waals surface area contributed by atoms with E-state index in [-0.39, 0.29) is 24.8 Å². The molecule has 0 aromatic heterocycles. The Bertz CT molecular complexity index is 725. The fourth-order valence-corrected chi connectivity index (χ4v) is 3.05. The van der Waals surface area contributed by atoms with E-state index in [1.807, 2.05) is 18.2 Å². The topological polar surface area (TPSA) is 66.4 Å². The highest BCUT2D eigenvalue weighted by molar-refractivity contribution is 5.81. The maximum absolute atomic E-state index is 11.9. The third kappa shape index (κ3) is 3.59. The highest BCUT2D eigenvalue weighted by Gasteiger charge is 2.24. The van der Waals surface area contributed by atoms with E-state index >= 15 is 0 Å². The normalized spacial score (nSPS) is 15.9. The molecule has 1 atom stereocenters. The smallest absolute Gasteiger partial charge is 0.303 e. The second-order valence-electron chi connectivity index (χ2n) is 5.83. The van der Waals surface area contributed by atoms with Crippen molar-refractivity contribution in [3.63, 3.8) is 0 Å². The Morgan fingerprint density at radius 2 is 1.83 bits per heavy atom. The molecule has 0 radical (unpaired) electrons. The summed E-state index contributed by atoms with van der Waals surface area (Å²) in [7, 11) is 0. The van der Waals surface area contributed by atoms with Crippen LogP contribution in [0.2, 0.25) is 0 Å². The summed E-state index contributed by atoms with van der Waals surface area (Å²) in [5, 5.41) is 11.6. The molecule has 1 aliphatic rings. The summed E-state index contributed by atoms with van der Waals surface area (Å²) in [6, 6.07) is 16.5. The number of hydrogen-bond acceptors (Lipinski definition) is 2. The molecule has 4 nitrogen and oxygen atoms in total. The molecule has 3 rings (SSSR count). The number of carboxylic acids is 1. The Balaban J connectivity index is 1.76. The van der Waals surface area contributed by atoms with Crippen molar-refractivity contribution in [2.45, 2.75) is 31.7 Å². The standard InChI is InChI=1S/C19H19NO3/c21-18(10-11-19(22)23)20-17-9-8-14-6-7-15(12-16(14)17)13-4-2-1-3-5-13/h1-7,12,17H,8-11H2,(H,20,21)(H,22,23). The maximum Gasteiger partial charge on any atom is 0.303 e. The van der Waals surface area contributed by atoms with Gasteiger partial charge in [-0.15, -0.1) is 0 Å². The van der Waals surface area contributed by atoms with Crippen LogP contribution in [0.15, 0.2) is 48.5 Å². The third-order valence-electron chi connectivity index (χ3n) is 4.23. The van der Waals surface area contributed by atoms with E-state index in [9.17, 15) is 9.59 Å². The van der Waals surface area contributed by atoms with Crippen LogP contribution < -0.4 is 5.32 Å². The molecule has 1 unspecified atom stereocenters. The molecule has 0 bridgehead atoms. The maximum atomic E-state index is 11.9. The Labute approximate surface area is 135 Å². The minimum atomic E-state index is -0.946. The van der Waals surface area contributed by atoms with Crippen LogP contribution >= 0.6 is 0 Å². The fraction of sp³-hybridized carbons (Fsp3) is 0.263. The van der Waals surface area contributed by atoms with Crippen LogP contribution in [0.25, 0.3) is 11.1 Å². The van der Waals surface area contributed by atoms with E-state index in [0.717, 1.165) is 29.5 Å². The lowest BCUT2D eigenvalue weighted by Crippen LogP contribution is -2.27. The monoisotopic (exact) mass is 309 g/mol. The molecular formula is C19H19NO3. The molecule has 0 fully saturated rings. The Morgan fingerprint density at radius 1 is 1.04 bits per heavy atom. The molecule has 2 aromatic rings. The number of nitrogens with one attached hydrogen (secondary N) is 1. The van der Waals surface area contributed by atoms with Gasteiger partial charge < -0.3 is 10.4 Å². The van der Waals surface area contributed by atoms with Gasteiger partial charge in [0.1, 0.15) is 0 Å². The molecule has 0 aliphatic heterocycles. The number of carbonyl (C=O) groups excluding carboxylic acids is 1. The first-order valence-corrected chi connectivity index (χ1v) is 7.83. The van der Waals surface area contributed by atoms with E-state index in [1.54, 1.807) is 0 Å². The quantitative estimate of drug-likeness (QED) is 0.890. The lowest BCUT2D eigenvalue weighted by Gasteiger charge is -2.15. The lowest BCUT2D eigenvalue weighted by molar-refractivity contribution is -0.138. The van der Waals surface area contributed by atoms with Crippen molar-refractivity contribution in [1.82, 2.24) is 5.32 Å². The predicted molar refractivity (Wildman–Crippen MR) is 88.0 cm³/mol.